The van der Waals surface area contributed by atoms with E-state index in [1.54, 1.807) is 36.4 Å². The molecular formula is C19H13ClFNO2S. The topological polar surface area (TPSA) is 37.4 Å². The summed E-state index contributed by atoms with van der Waals surface area (Å²) in [4.78, 5) is 25.9. The molecule has 2 amide bonds. The highest BCUT2D eigenvalue weighted by atomic mass is 35.5. The van der Waals surface area contributed by atoms with Crippen molar-refractivity contribution in [1.82, 2.24) is 4.90 Å². The normalized spacial score (nSPS) is 16.4. The van der Waals surface area contributed by atoms with Crippen LogP contribution in [0.2, 0.25) is 5.02 Å². The molecule has 0 unspecified atom stereocenters. The van der Waals surface area contributed by atoms with Crippen LogP contribution in [0, 0.1) is 5.82 Å². The first-order valence-corrected chi connectivity index (χ1v) is 8.65. The van der Waals surface area contributed by atoms with Gasteiger partial charge in [0.1, 0.15) is 5.82 Å². The molecule has 0 bridgehead atoms. The highest BCUT2D eigenvalue weighted by molar-refractivity contribution is 8.18. The molecule has 0 aromatic heterocycles. The second kappa shape index (κ2) is 7.68. The Morgan fingerprint density at radius 1 is 1.08 bits per heavy atom. The number of hydrogen-bond acceptors (Lipinski definition) is 3. The van der Waals surface area contributed by atoms with E-state index in [2.05, 4.69) is 0 Å². The fraction of sp³-hybridized carbons (Fsp3) is 0.0526. The number of imide groups is 1. The van der Waals surface area contributed by atoms with Crippen molar-refractivity contribution >= 4 is 40.6 Å². The zero-order chi connectivity index (χ0) is 17.8. The summed E-state index contributed by atoms with van der Waals surface area (Å²) in [5.74, 6) is -0.717. The molecule has 0 aliphatic carbocycles. The molecule has 25 heavy (non-hydrogen) atoms. The Hall–Kier alpha value is -2.37. The predicted molar refractivity (Wildman–Crippen MR) is 98.5 cm³/mol. The molecule has 1 aliphatic rings. The number of carbonyl (C=O) groups is 2. The van der Waals surface area contributed by atoms with E-state index < -0.39 is 0 Å². The van der Waals surface area contributed by atoms with Crippen molar-refractivity contribution in [3.05, 3.63) is 87.6 Å². The third-order valence-corrected chi connectivity index (χ3v) is 4.83. The lowest BCUT2D eigenvalue weighted by Crippen LogP contribution is -2.27. The molecule has 2 aromatic carbocycles. The minimum absolute atomic E-state index is 0.122. The van der Waals surface area contributed by atoms with Gasteiger partial charge in [-0.15, -0.1) is 0 Å². The van der Waals surface area contributed by atoms with Crippen LogP contribution >= 0.6 is 23.4 Å². The molecule has 1 saturated heterocycles. The molecule has 3 nitrogen and oxygen atoms in total. The van der Waals surface area contributed by atoms with Gasteiger partial charge < -0.3 is 0 Å². The summed E-state index contributed by atoms with van der Waals surface area (Å²) in [6, 6.07) is 13.0. The summed E-state index contributed by atoms with van der Waals surface area (Å²) in [6.45, 7) is 0.122. The Balaban J connectivity index is 1.72. The van der Waals surface area contributed by atoms with Crippen LogP contribution in [0.4, 0.5) is 9.18 Å². The standard InChI is InChI=1S/C19H13ClFNO2S/c20-16-6-2-1-4-14(16)5-3-7-17-18(23)22(19(24)25-17)12-13-8-10-15(21)11-9-13/h1-11H,12H2/b5-3+,17-7-. The van der Waals surface area contributed by atoms with E-state index in [-0.39, 0.29) is 23.5 Å². The molecule has 6 heteroatoms. The lowest BCUT2D eigenvalue weighted by atomic mass is 10.2. The number of thioether (sulfide) groups is 1. The molecule has 1 aliphatic heterocycles. The Bertz CT molecular complexity index is 877. The van der Waals surface area contributed by atoms with Crippen LogP contribution in [-0.4, -0.2) is 16.0 Å². The van der Waals surface area contributed by atoms with E-state index in [0.29, 0.717) is 15.5 Å². The summed E-state index contributed by atoms with van der Waals surface area (Å²) < 4.78 is 12.9. The Morgan fingerprint density at radius 2 is 1.80 bits per heavy atom. The van der Waals surface area contributed by atoms with Crippen LogP contribution in [0.15, 0.2) is 65.6 Å². The van der Waals surface area contributed by atoms with Gasteiger partial charge in [-0.3, -0.25) is 14.5 Å². The van der Waals surface area contributed by atoms with Crippen LogP contribution in [0.1, 0.15) is 11.1 Å². The van der Waals surface area contributed by atoms with Gasteiger partial charge in [-0.25, -0.2) is 4.39 Å². The van der Waals surface area contributed by atoms with E-state index >= 15 is 0 Å². The molecule has 1 heterocycles. The van der Waals surface area contributed by atoms with Gasteiger partial charge in [0.2, 0.25) is 0 Å². The monoisotopic (exact) mass is 373 g/mol. The van der Waals surface area contributed by atoms with Crippen LogP contribution in [0.3, 0.4) is 0 Å². The fourth-order valence-corrected chi connectivity index (χ4v) is 3.26. The van der Waals surface area contributed by atoms with Crippen LogP contribution in [0.25, 0.3) is 6.08 Å². The van der Waals surface area contributed by atoms with Gasteiger partial charge in [0.25, 0.3) is 11.1 Å². The molecule has 0 N–H and O–H groups in total. The second-order valence-corrected chi connectivity index (χ2v) is 6.70. The number of nitrogens with zero attached hydrogens (tertiary/aromatic N) is 1. The Kier molecular flexibility index (Phi) is 5.36. The molecule has 0 spiro atoms. The van der Waals surface area contributed by atoms with Crippen LogP contribution in [0.5, 0.6) is 0 Å². The molecule has 0 radical (unpaired) electrons. The predicted octanol–water partition coefficient (Wildman–Crippen LogP) is 5.27. The summed E-state index contributed by atoms with van der Waals surface area (Å²) >= 11 is 6.95. The van der Waals surface area contributed by atoms with Crippen molar-refractivity contribution in [2.24, 2.45) is 0 Å². The van der Waals surface area contributed by atoms with E-state index in [1.807, 2.05) is 18.2 Å². The zero-order valence-electron chi connectivity index (χ0n) is 13.0. The highest BCUT2D eigenvalue weighted by Gasteiger charge is 2.34. The lowest BCUT2D eigenvalue weighted by Gasteiger charge is -2.12. The average molecular weight is 374 g/mol. The van der Waals surface area contributed by atoms with E-state index in [0.717, 1.165) is 22.2 Å². The maximum absolute atomic E-state index is 12.9. The maximum atomic E-state index is 12.9. The Morgan fingerprint density at radius 3 is 2.52 bits per heavy atom. The number of hydrogen-bond donors (Lipinski definition) is 0. The molecule has 126 valence electrons. The van der Waals surface area contributed by atoms with Crippen molar-refractivity contribution in [3.8, 4) is 0 Å². The second-order valence-electron chi connectivity index (χ2n) is 5.30. The number of amides is 2. The minimum atomic E-state index is -0.359. The first-order chi connectivity index (χ1) is 12.0. The number of carbonyl (C=O) groups excluding carboxylic acids is 2. The third-order valence-electron chi connectivity index (χ3n) is 3.56. The number of allylic oxidation sites excluding steroid dienone is 2. The molecule has 0 saturated carbocycles. The van der Waals surface area contributed by atoms with Crippen molar-refractivity contribution in [2.75, 3.05) is 0 Å². The van der Waals surface area contributed by atoms with Gasteiger partial charge in [-0.05, 0) is 47.2 Å². The first kappa shape index (κ1) is 17.5. The summed E-state index contributed by atoms with van der Waals surface area (Å²) in [6.07, 6.45) is 5.06. The smallest absolute Gasteiger partial charge is 0.268 e. The summed E-state index contributed by atoms with van der Waals surface area (Å²) in [5, 5.41) is 0.267. The summed E-state index contributed by atoms with van der Waals surface area (Å²) in [5.41, 5.74) is 1.52. The van der Waals surface area contributed by atoms with Gasteiger partial charge in [0.15, 0.2) is 0 Å². The SMILES string of the molecule is O=C1S/C(=C\C=C\c2ccccc2Cl)C(=O)N1Cc1ccc(F)cc1. The largest absolute Gasteiger partial charge is 0.293 e. The van der Waals surface area contributed by atoms with Gasteiger partial charge in [-0.2, -0.15) is 0 Å². The minimum Gasteiger partial charge on any atom is -0.268 e. The fourth-order valence-electron chi connectivity index (χ4n) is 2.27. The quantitative estimate of drug-likeness (QED) is 0.685. The molecule has 0 atom stereocenters. The molecule has 3 rings (SSSR count). The summed E-state index contributed by atoms with van der Waals surface area (Å²) in [7, 11) is 0. The first-order valence-electron chi connectivity index (χ1n) is 7.45. The van der Waals surface area contributed by atoms with Crippen molar-refractivity contribution in [1.29, 1.82) is 0 Å². The van der Waals surface area contributed by atoms with Gasteiger partial charge in [-0.1, -0.05) is 54.1 Å². The zero-order valence-corrected chi connectivity index (χ0v) is 14.6. The van der Waals surface area contributed by atoms with Gasteiger partial charge in [0.05, 0.1) is 11.4 Å². The van der Waals surface area contributed by atoms with Crippen LogP contribution < -0.4 is 0 Å². The number of halogens is 2. The van der Waals surface area contributed by atoms with E-state index in [9.17, 15) is 14.0 Å². The molecule has 2 aromatic rings. The Labute approximate surface area is 153 Å². The van der Waals surface area contributed by atoms with Crippen LogP contribution in [-0.2, 0) is 11.3 Å². The van der Waals surface area contributed by atoms with E-state index in [4.69, 9.17) is 11.6 Å². The lowest BCUT2D eigenvalue weighted by molar-refractivity contribution is -0.123. The van der Waals surface area contributed by atoms with Crippen molar-refractivity contribution in [2.45, 2.75) is 6.54 Å². The van der Waals surface area contributed by atoms with E-state index in [1.165, 1.54) is 12.1 Å². The molecule has 1 fully saturated rings. The van der Waals surface area contributed by atoms with Gasteiger partial charge in [0, 0.05) is 5.02 Å². The third kappa shape index (κ3) is 4.18. The average Bonchev–Trinajstić information content (AvgIpc) is 2.86. The van der Waals surface area contributed by atoms with Crippen molar-refractivity contribution in [3.63, 3.8) is 0 Å². The molecular weight excluding hydrogens is 361 g/mol. The highest BCUT2D eigenvalue weighted by Crippen LogP contribution is 2.32. The maximum Gasteiger partial charge on any atom is 0.293 e. The number of rotatable bonds is 4. The van der Waals surface area contributed by atoms with Crippen molar-refractivity contribution < 1.29 is 14.0 Å². The van der Waals surface area contributed by atoms with Gasteiger partial charge >= 0.3 is 0 Å². The number of benzene rings is 2.